The van der Waals surface area contributed by atoms with E-state index in [0.29, 0.717) is 47.6 Å². The van der Waals surface area contributed by atoms with Crippen LogP contribution in [0.25, 0.3) is 0 Å². The van der Waals surface area contributed by atoms with Crippen LogP contribution in [0.5, 0.6) is 0 Å². The highest BCUT2D eigenvalue weighted by atomic mass is 32.1. The van der Waals surface area contributed by atoms with Crippen molar-refractivity contribution < 1.29 is 14.3 Å². The van der Waals surface area contributed by atoms with Gasteiger partial charge in [0.05, 0.1) is 29.1 Å². The van der Waals surface area contributed by atoms with Crippen molar-refractivity contribution >= 4 is 28.2 Å². The molecule has 5 aliphatic carbocycles. The van der Waals surface area contributed by atoms with E-state index in [1.807, 2.05) is 30.3 Å². The van der Waals surface area contributed by atoms with Gasteiger partial charge in [0.2, 0.25) is 5.91 Å². The van der Waals surface area contributed by atoms with E-state index in [4.69, 9.17) is 4.74 Å². The summed E-state index contributed by atoms with van der Waals surface area (Å²) >= 11 is 1.48. The zero-order chi connectivity index (χ0) is 24.2. The Morgan fingerprint density at radius 3 is 2.37 bits per heavy atom. The molecule has 2 aromatic rings. The van der Waals surface area contributed by atoms with Crippen LogP contribution in [0, 0.1) is 34.5 Å². The number of ether oxygens (including phenoxy) is 1. The summed E-state index contributed by atoms with van der Waals surface area (Å²) in [6.07, 6.45) is 8.61. The van der Waals surface area contributed by atoms with Gasteiger partial charge in [-0.3, -0.25) is 4.79 Å². The van der Waals surface area contributed by atoms with Crippen LogP contribution in [0.15, 0.2) is 30.3 Å². The highest BCUT2D eigenvalue weighted by molar-refractivity contribution is 7.17. The van der Waals surface area contributed by atoms with Crippen LogP contribution in [0.2, 0.25) is 0 Å². The SMILES string of the molecule is CCOC(=O)c1c(NC(=O)C23CC4CC(CC(C4)C2)C3)sc2c1CCC(C#N)(c1ccccc1)C2. The van der Waals surface area contributed by atoms with Crippen molar-refractivity contribution in [3.63, 3.8) is 0 Å². The lowest BCUT2D eigenvalue weighted by Gasteiger charge is -2.55. The Morgan fingerprint density at radius 1 is 1.11 bits per heavy atom. The molecule has 1 amide bonds. The molecule has 0 radical (unpaired) electrons. The van der Waals surface area contributed by atoms with Crippen LogP contribution in [0.4, 0.5) is 5.00 Å². The summed E-state index contributed by atoms with van der Waals surface area (Å²) in [7, 11) is 0. The molecule has 0 aliphatic heterocycles. The van der Waals surface area contributed by atoms with Crippen molar-refractivity contribution in [2.24, 2.45) is 23.2 Å². The highest BCUT2D eigenvalue weighted by Crippen LogP contribution is 2.60. The lowest BCUT2D eigenvalue weighted by atomic mass is 9.49. The van der Waals surface area contributed by atoms with E-state index < -0.39 is 5.41 Å². The molecule has 1 atom stereocenters. The second-order valence-corrected chi connectivity index (χ2v) is 12.4. The highest BCUT2D eigenvalue weighted by Gasteiger charge is 2.55. The number of nitrogens with zero attached hydrogens (tertiary/aromatic N) is 1. The Hall–Kier alpha value is -2.65. The molecule has 1 heterocycles. The number of carbonyl (C=O) groups excluding carboxylic acids is 2. The van der Waals surface area contributed by atoms with Gasteiger partial charge >= 0.3 is 5.97 Å². The monoisotopic (exact) mass is 488 g/mol. The Labute approximate surface area is 210 Å². The maximum Gasteiger partial charge on any atom is 0.341 e. The first-order valence-electron chi connectivity index (χ1n) is 13.0. The van der Waals surface area contributed by atoms with Gasteiger partial charge in [-0.05, 0) is 87.2 Å². The number of thiophene rings is 1. The molecule has 0 spiro atoms. The van der Waals surface area contributed by atoms with Crippen LogP contribution >= 0.6 is 11.3 Å². The molecule has 35 heavy (non-hydrogen) atoms. The number of anilines is 1. The molecule has 182 valence electrons. The van der Waals surface area contributed by atoms with Gasteiger partial charge < -0.3 is 10.1 Å². The van der Waals surface area contributed by atoms with Gasteiger partial charge in [-0.15, -0.1) is 11.3 Å². The number of amides is 1. The fourth-order valence-corrected chi connectivity index (χ4v) is 9.26. The Kier molecular flexibility index (Phi) is 5.52. The van der Waals surface area contributed by atoms with Crippen molar-refractivity contribution in [1.82, 2.24) is 0 Å². The maximum absolute atomic E-state index is 13.8. The normalized spacial score (nSPS) is 32.5. The van der Waals surface area contributed by atoms with E-state index >= 15 is 0 Å². The van der Waals surface area contributed by atoms with Crippen LogP contribution in [-0.4, -0.2) is 18.5 Å². The first-order valence-corrected chi connectivity index (χ1v) is 13.9. The molecule has 1 aromatic carbocycles. The van der Waals surface area contributed by atoms with Crippen molar-refractivity contribution in [2.45, 2.75) is 70.1 Å². The van der Waals surface area contributed by atoms with Crippen LogP contribution in [0.1, 0.15) is 78.2 Å². The first-order chi connectivity index (χ1) is 16.9. The molecule has 1 aromatic heterocycles. The topological polar surface area (TPSA) is 79.2 Å². The summed E-state index contributed by atoms with van der Waals surface area (Å²) in [5.74, 6) is 1.76. The standard InChI is InChI=1S/C29H32N2O3S/c1-2-34-26(32)24-22-8-9-28(17-30,21-6-4-3-5-7-21)16-23(22)35-25(24)31-27(33)29-13-18-10-19(14-29)12-20(11-18)15-29/h3-7,18-20H,2,8-16H2,1H3,(H,31,33). The molecule has 4 bridgehead atoms. The molecule has 5 aliphatic rings. The number of hydrogen-bond donors (Lipinski definition) is 1. The quantitative estimate of drug-likeness (QED) is 0.521. The summed E-state index contributed by atoms with van der Waals surface area (Å²) in [4.78, 5) is 27.9. The molecular formula is C29H32N2O3S. The zero-order valence-corrected chi connectivity index (χ0v) is 21.1. The zero-order valence-electron chi connectivity index (χ0n) is 20.3. The predicted molar refractivity (Wildman–Crippen MR) is 135 cm³/mol. The fourth-order valence-electron chi connectivity index (χ4n) is 7.92. The number of esters is 1. The third kappa shape index (κ3) is 3.71. The van der Waals surface area contributed by atoms with Gasteiger partial charge in [0.25, 0.3) is 0 Å². The number of carbonyl (C=O) groups is 2. The largest absolute Gasteiger partial charge is 0.462 e. The van der Waals surface area contributed by atoms with Gasteiger partial charge in [0.15, 0.2) is 0 Å². The number of hydrogen-bond acceptors (Lipinski definition) is 5. The summed E-state index contributed by atoms with van der Waals surface area (Å²) in [6.45, 7) is 2.10. The summed E-state index contributed by atoms with van der Waals surface area (Å²) in [6, 6.07) is 12.5. The maximum atomic E-state index is 13.8. The summed E-state index contributed by atoms with van der Waals surface area (Å²) < 4.78 is 5.44. The molecule has 0 saturated heterocycles. The van der Waals surface area contributed by atoms with Gasteiger partial charge in [-0.25, -0.2) is 4.79 Å². The molecule has 5 nitrogen and oxygen atoms in total. The molecule has 6 heteroatoms. The molecule has 4 fully saturated rings. The third-order valence-electron chi connectivity index (χ3n) is 9.12. The van der Waals surface area contributed by atoms with Crippen molar-refractivity contribution in [1.29, 1.82) is 5.26 Å². The van der Waals surface area contributed by atoms with E-state index in [-0.39, 0.29) is 23.9 Å². The minimum Gasteiger partial charge on any atom is -0.462 e. The second kappa shape index (κ2) is 8.48. The summed E-state index contributed by atoms with van der Waals surface area (Å²) in [5, 5.41) is 14.1. The van der Waals surface area contributed by atoms with Crippen molar-refractivity contribution in [3.8, 4) is 6.07 Å². The molecule has 4 saturated carbocycles. The Bertz CT molecular complexity index is 1180. The van der Waals surface area contributed by atoms with E-state index in [1.165, 1.54) is 30.6 Å². The van der Waals surface area contributed by atoms with E-state index in [9.17, 15) is 14.9 Å². The number of nitriles is 1. The molecule has 1 N–H and O–H groups in total. The first kappa shape index (κ1) is 22.8. The smallest absolute Gasteiger partial charge is 0.341 e. The van der Waals surface area contributed by atoms with Crippen molar-refractivity contribution in [3.05, 3.63) is 51.9 Å². The van der Waals surface area contributed by atoms with Crippen LogP contribution in [0.3, 0.4) is 0 Å². The average Bonchev–Trinajstić information content (AvgIpc) is 3.20. The Morgan fingerprint density at radius 2 is 1.77 bits per heavy atom. The molecule has 7 rings (SSSR count). The van der Waals surface area contributed by atoms with Crippen molar-refractivity contribution in [2.75, 3.05) is 11.9 Å². The van der Waals surface area contributed by atoms with Gasteiger partial charge in [0, 0.05) is 11.3 Å². The fraction of sp³-hybridized carbons (Fsp3) is 0.552. The number of fused-ring (bicyclic) bond motifs is 1. The van der Waals surface area contributed by atoms with Gasteiger partial charge in [-0.1, -0.05) is 30.3 Å². The minimum absolute atomic E-state index is 0.0929. The lowest BCUT2D eigenvalue weighted by Crippen LogP contribution is -2.51. The predicted octanol–water partition coefficient (Wildman–Crippen LogP) is 6.03. The Balaban J connectivity index is 1.34. The molecular weight excluding hydrogens is 456 g/mol. The van der Waals surface area contributed by atoms with E-state index in [0.717, 1.165) is 35.3 Å². The third-order valence-corrected chi connectivity index (χ3v) is 10.3. The van der Waals surface area contributed by atoms with Crippen LogP contribution in [-0.2, 0) is 27.8 Å². The van der Waals surface area contributed by atoms with Gasteiger partial charge in [-0.2, -0.15) is 5.26 Å². The van der Waals surface area contributed by atoms with Gasteiger partial charge in [0.1, 0.15) is 5.00 Å². The van der Waals surface area contributed by atoms with Crippen LogP contribution < -0.4 is 5.32 Å². The van der Waals surface area contributed by atoms with E-state index in [2.05, 4.69) is 11.4 Å². The lowest BCUT2D eigenvalue weighted by molar-refractivity contribution is -0.140. The number of nitrogens with one attached hydrogen (secondary N) is 1. The average molecular weight is 489 g/mol. The van der Waals surface area contributed by atoms with E-state index in [1.54, 1.807) is 6.92 Å². The minimum atomic E-state index is -0.619. The number of benzene rings is 1. The number of rotatable bonds is 5. The summed E-state index contributed by atoms with van der Waals surface area (Å²) in [5.41, 5.74) is 1.58. The second-order valence-electron chi connectivity index (χ2n) is 11.3. The molecule has 1 unspecified atom stereocenters.